The summed E-state index contributed by atoms with van der Waals surface area (Å²) < 4.78 is 33.1. The lowest BCUT2D eigenvalue weighted by Gasteiger charge is -2.17. The predicted molar refractivity (Wildman–Crippen MR) is 168 cm³/mol. The lowest BCUT2D eigenvalue weighted by atomic mass is 10.1. The van der Waals surface area contributed by atoms with Crippen molar-refractivity contribution in [3.63, 3.8) is 0 Å². The Hall–Kier alpha value is -5.45. The molecule has 0 spiro atoms. The molecule has 45 heavy (non-hydrogen) atoms. The molecule has 230 valence electrons. The number of aromatic nitrogens is 3. The van der Waals surface area contributed by atoms with Gasteiger partial charge in [0.1, 0.15) is 22.9 Å². The zero-order chi connectivity index (χ0) is 31.8. The van der Waals surface area contributed by atoms with Crippen molar-refractivity contribution in [3.8, 4) is 28.7 Å². The number of methoxy groups -OCH3 is 2. The average Bonchev–Trinajstić information content (AvgIpc) is 3.87. The Bertz CT molecular complexity index is 2050. The zero-order valence-electron chi connectivity index (χ0n) is 25.2. The highest BCUT2D eigenvalue weighted by Gasteiger charge is 2.28. The van der Waals surface area contributed by atoms with E-state index in [2.05, 4.69) is 10.3 Å². The first-order chi connectivity index (χ1) is 21.7. The van der Waals surface area contributed by atoms with E-state index < -0.39 is 23.0 Å². The summed E-state index contributed by atoms with van der Waals surface area (Å²) in [5.41, 5.74) is 0.553. The van der Waals surface area contributed by atoms with Crippen LogP contribution in [0, 0.1) is 5.82 Å². The normalized spacial score (nSPS) is 12.8. The third kappa shape index (κ3) is 5.76. The van der Waals surface area contributed by atoms with Crippen LogP contribution in [0.2, 0.25) is 0 Å². The van der Waals surface area contributed by atoms with Crippen LogP contribution < -0.4 is 30.8 Å². The van der Waals surface area contributed by atoms with Crippen molar-refractivity contribution in [1.82, 2.24) is 14.1 Å². The van der Waals surface area contributed by atoms with Gasteiger partial charge >= 0.3 is 5.69 Å². The molecule has 0 aliphatic heterocycles. The number of ether oxygens (including phenoxy) is 3. The second kappa shape index (κ2) is 11.9. The molecular formula is C34H31FN4O6. The molecule has 1 saturated carbocycles. The second-order valence-corrected chi connectivity index (χ2v) is 11.1. The molecule has 1 N–H and O–H groups in total. The number of amides is 1. The molecule has 6 rings (SSSR count). The minimum atomic E-state index is -0.806. The molecule has 2 heterocycles. The number of pyridine rings is 1. The maximum Gasteiger partial charge on any atom is 0.335 e. The van der Waals surface area contributed by atoms with Gasteiger partial charge < -0.3 is 19.5 Å². The van der Waals surface area contributed by atoms with Gasteiger partial charge in [0, 0.05) is 35.6 Å². The molecule has 1 aliphatic rings. The molecule has 3 aromatic carbocycles. The Labute approximate surface area is 257 Å². The quantitative estimate of drug-likeness (QED) is 0.211. The highest BCUT2D eigenvalue weighted by Crippen LogP contribution is 2.47. The Kier molecular flexibility index (Phi) is 7.84. The van der Waals surface area contributed by atoms with Crippen LogP contribution in [-0.4, -0.2) is 34.2 Å². The summed E-state index contributed by atoms with van der Waals surface area (Å²) in [6.45, 7) is 3.53. The number of hydrogen-bond acceptors (Lipinski definition) is 7. The first-order valence-electron chi connectivity index (χ1n) is 14.5. The minimum Gasteiger partial charge on any atom is -0.493 e. The molecule has 1 fully saturated rings. The van der Waals surface area contributed by atoms with E-state index >= 15 is 0 Å². The van der Waals surface area contributed by atoms with Crippen LogP contribution in [0.1, 0.15) is 54.6 Å². The summed E-state index contributed by atoms with van der Waals surface area (Å²) in [6.07, 6.45) is 4.86. The summed E-state index contributed by atoms with van der Waals surface area (Å²) in [5.74, 6) is 1.37. The summed E-state index contributed by atoms with van der Waals surface area (Å²) in [5, 5.41) is 3.56. The van der Waals surface area contributed by atoms with Gasteiger partial charge in [-0.15, -0.1) is 0 Å². The first-order valence-corrected chi connectivity index (χ1v) is 14.5. The Morgan fingerprint density at radius 3 is 2.31 bits per heavy atom. The number of halogens is 1. The average molecular weight is 611 g/mol. The molecule has 2 aromatic heterocycles. The van der Waals surface area contributed by atoms with Crippen LogP contribution in [-0.2, 0) is 0 Å². The number of rotatable bonds is 9. The molecular weight excluding hydrogens is 579 g/mol. The van der Waals surface area contributed by atoms with E-state index in [1.165, 1.54) is 22.9 Å². The molecule has 0 unspecified atom stereocenters. The number of benzene rings is 3. The Morgan fingerprint density at radius 2 is 1.64 bits per heavy atom. The van der Waals surface area contributed by atoms with Crippen molar-refractivity contribution in [2.45, 2.75) is 38.6 Å². The number of nitrogens with zero attached hydrogens (tertiary/aromatic N) is 3. The number of carbonyl (C=O) groups excluding carboxylic acids is 1. The fourth-order valence-electron chi connectivity index (χ4n) is 5.20. The smallest absolute Gasteiger partial charge is 0.335 e. The van der Waals surface area contributed by atoms with Crippen molar-refractivity contribution in [2.24, 2.45) is 0 Å². The van der Waals surface area contributed by atoms with Crippen LogP contribution in [0.5, 0.6) is 23.0 Å². The van der Waals surface area contributed by atoms with Crippen LogP contribution in [0.25, 0.3) is 16.6 Å². The molecule has 0 atom stereocenters. The number of carbonyl (C=O) groups is 1. The number of nitrogens with one attached hydrogen (secondary N) is 1. The number of anilines is 1. The van der Waals surface area contributed by atoms with E-state index in [0.29, 0.717) is 34.2 Å². The highest BCUT2D eigenvalue weighted by atomic mass is 19.1. The lowest BCUT2D eigenvalue weighted by molar-refractivity contribution is 0.102. The number of hydrogen-bond donors (Lipinski definition) is 1. The fourth-order valence-corrected chi connectivity index (χ4v) is 5.20. The molecule has 11 heteroatoms. The summed E-state index contributed by atoms with van der Waals surface area (Å²) in [6, 6.07) is 15.3. The minimum absolute atomic E-state index is 0.160. The molecule has 1 amide bonds. The molecule has 0 radical (unpaired) electrons. The van der Waals surface area contributed by atoms with Gasteiger partial charge in [0.2, 0.25) is 0 Å². The molecule has 10 nitrogen and oxygen atoms in total. The van der Waals surface area contributed by atoms with Crippen LogP contribution in [0.4, 0.5) is 10.1 Å². The Morgan fingerprint density at radius 1 is 0.933 bits per heavy atom. The highest BCUT2D eigenvalue weighted by molar-refractivity contribution is 6.04. The van der Waals surface area contributed by atoms with Crippen LogP contribution in [0.3, 0.4) is 0 Å². The predicted octanol–water partition coefficient (Wildman–Crippen LogP) is 6.21. The zero-order valence-corrected chi connectivity index (χ0v) is 25.2. The first kappa shape index (κ1) is 29.6. The Balaban J connectivity index is 1.34. The van der Waals surface area contributed by atoms with Crippen LogP contribution >= 0.6 is 0 Å². The maximum absolute atomic E-state index is 13.6. The van der Waals surface area contributed by atoms with Gasteiger partial charge in [0.25, 0.3) is 11.5 Å². The fraction of sp³-hybridized carbons (Fsp3) is 0.235. The van der Waals surface area contributed by atoms with Crippen molar-refractivity contribution in [3.05, 3.63) is 111 Å². The lowest BCUT2D eigenvalue weighted by Crippen LogP contribution is -2.42. The van der Waals surface area contributed by atoms with Gasteiger partial charge in [0.15, 0.2) is 11.5 Å². The molecule has 1 aliphatic carbocycles. The van der Waals surface area contributed by atoms with Gasteiger partial charge in [-0.3, -0.25) is 19.1 Å². The SMILES string of the molecule is COc1cc2nccc(Oc3ccc(NC(=O)c4cn(C(C)C)c(=O)n(-c5ccc(F)cc5)c4=O)cc3C3CC3)c2cc1OC. The summed E-state index contributed by atoms with van der Waals surface area (Å²) >= 11 is 0. The summed E-state index contributed by atoms with van der Waals surface area (Å²) in [4.78, 5) is 44.6. The monoisotopic (exact) mass is 610 g/mol. The molecule has 5 aromatic rings. The number of fused-ring (bicyclic) bond motifs is 1. The van der Waals surface area contributed by atoms with Crippen LogP contribution in [0.15, 0.2) is 82.6 Å². The standard InChI is InChI=1S/C34H31FN4O6/c1-19(2)38-18-26(33(41)39(34(38)42)23-10-7-21(35)8-11-23)32(40)37-22-9-12-28(24(15-22)20-5-6-20)45-29-13-14-36-27-17-31(44-4)30(43-3)16-25(27)29/h7-20H,5-6H2,1-4H3,(H,37,40). The largest absolute Gasteiger partial charge is 0.493 e. The van der Waals surface area contributed by atoms with Crippen molar-refractivity contribution in [1.29, 1.82) is 0 Å². The van der Waals surface area contributed by atoms with E-state index in [9.17, 15) is 18.8 Å². The maximum atomic E-state index is 13.6. The van der Waals surface area contributed by atoms with E-state index in [1.54, 1.807) is 58.5 Å². The van der Waals surface area contributed by atoms with Gasteiger partial charge in [0.05, 0.1) is 25.4 Å². The molecule has 0 saturated heterocycles. The van der Waals surface area contributed by atoms with Gasteiger partial charge in [-0.2, -0.15) is 0 Å². The van der Waals surface area contributed by atoms with E-state index in [4.69, 9.17) is 14.2 Å². The van der Waals surface area contributed by atoms with Gasteiger partial charge in [-0.25, -0.2) is 13.8 Å². The van der Waals surface area contributed by atoms with E-state index in [1.807, 2.05) is 12.1 Å². The third-order valence-corrected chi connectivity index (χ3v) is 7.71. The molecule has 0 bridgehead atoms. The second-order valence-electron chi connectivity index (χ2n) is 11.1. The topological polar surface area (TPSA) is 114 Å². The van der Waals surface area contributed by atoms with Crippen molar-refractivity contribution in [2.75, 3.05) is 19.5 Å². The van der Waals surface area contributed by atoms with E-state index in [-0.39, 0.29) is 23.2 Å². The summed E-state index contributed by atoms with van der Waals surface area (Å²) in [7, 11) is 3.13. The van der Waals surface area contributed by atoms with Crippen molar-refractivity contribution >= 4 is 22.5 Å². The van der Waals surface area contributed by atoms with Gasteiger partial charge in [-0.05, 0) is 92.8 Å². The van der Waals surface area contributed by atoms with Gasteiger partial charge in [-0.1, -0.05) is 0 Å². The van der Waals surface area contributed by atoms with E-state index in [0.717, 1.165) is 40.5 Å². The van der Waals surface area contributed by atoms with Crippen molar-refractivity contribution < 1.29 is 23.4 Å². The third-order valence-electron chi connectivity index (χ3n) is 7.71.